The summed E-state index contributed by atoms with van der Waals surface area (Å²) in [7, 11) is 1.38. The van der Waals surface area contributed by atoms with Crippen LogP contribution in [0.4, 0.5) is 0 Å². The van der Waals surface area contributed by atoms with E-state index < -0.39 is 6.10 Å². The van der Waals surface area contributed by atoms with Gasteiger partial charge in [0.05, 0.1) is 25.2 Å². The van der Waals surface area contributed by atoms with E-state index in [-0.39, 0.29) is 11.4 Å². The normalized spacial score (nSPS) is 21.3. The maximum absolute atomic E-state index is 11.4. The summed E-state index contributed by atoms with van der Waals surface area (Å²) in [5.41, 5.74) is -0.270. The Bertz CT molecular complexity index is 323. The van der Waals surface area contributed by atoms with Crippen molar-refractivity contribution in [2.45, 2.75) is 32.8 Å². The molecular formula is C13H22N2O3. The Morgan fingerprint density at radius 3 is 2.94 bits per heavy atom. The molecule has 1 aliphatic heterocycles. The van der Waals surface area contributed by atoms with Crippen molar-refractivity contribution in [3.8, 4) is 6.07 Å². The number of nitrogens with zero attached hydrogens (tertiary/aromatic N) is 2. The van der Waals surface area contributed by atoms with Gasteiger partial charge in [0.25, 0.3) is 0 Å². The third kappa shape index (κ3) is 4.63. The lowest BCUT2D eigenvalue weighted by molar-refractivity contribution is -0.159. The fraction of sp³-hybridized carbons (Fsp3) is 0.846. The summed E-state index contributed by atoms with van der Waals surface area (Å²) in [4.78, 5) is 13.6. The van der Waals surface area contributed by atoms with Crippen LogP contribution in [0.25, 0.3) is 0 Å². The van der Waals surface area contributed by atoms with Gasteiger partial charge in [-0.15, -0.1) is 0 Å². The maximum Gasteiger partial charge on any atom is 0.336 e. The van der Waals surface area contributed by atoms with Crippen LogP contribution < -0.4 is 0 Å². The third-order valence-electron chi connectivity index (χ3n) is 3.19. The first-order valence-corrected chi connectivity index (χ1v) is 6.31. The molecule has 0 spiro atoms. The van der Waals surface area contributed by atoms with Crippen molar-refractivity contribution >= 4 is 5.97 Å². The minimum absolute atomic E-state index is 0.270. The van der Waals surface area contributed by atoms with E-state index in [1.165, 1.54) is 7.11 Å². The average molecular weight is 254 g/mol. The maximum atomic E-state index is 11.4. The van der Waals surface area contributed by atoms with E-state index in [1.807, 2.05) is 13.8 Å². The molecule has 0 aromatic heterocycles. The molecule has 0 radical (unpaired) electrons. The molecule has 5 nitrogen and oxygen atoms in total. The summed E-state index contributed by atoms with van der Waals surface area (Å²) in [5, 5.41) is 8.93. The van der Waals surface area contributed by atoms with Gasteiger partial charge in [-0.2, -0.15) is 5.26 Å². The molecule has 102 valence electrons. The molecular weight excluding hydrogens is 232 g/mol. The molecule has 0 aromatic rings. The van der Waals surface area contributed by atoms with E-state index >= 15 is 0 Å². The lowest BCUT2D eigenvalue weighted by Crippen LogP contribution is -2.46. The van der Waals surface area contributed by atoms with Gasteiger partial charge in [-0.05, 0) is 33.2 Å². The minimum Gasteiger partial charge on any atom is -0.467 e. The number of ether oxygens (including phenoxy) is 2. The van der Waals surface area contributed by atoms with Crippen molar-refractivity contribution in [2.24, 2.45) is 5.41 Å². The van der Waals surface area contributed by atoms with E-state index in [0.29, 0.717) is 13.2 Å². The number of nitriles is 1. The average Bonchev–Trinajstić information content (AvgIpc) is 2.38. The molecule has 1 saturated heterocycles. The molecule has 1 rings (SSSR count). The summed E-state index contributed by atoms with van der Waals surface area (Å²) in [6.45, 7) is 6.76. The van der Waals surface area contributed by atoms with Gasteiger partial charge in [0, 0.05) is 13.1 Å². The number of carbonyl (C=O) groups excluding carboxylic acids is 1. The first-order valence-electron chi connectivity index (χ1n) is 6.31. The number of hydrogen-bond acceptors (Lipinski definition) is 5. The zero-order chi connectivity index (χ0) is 13.6. The molecule has 1 fully saturated rings. The lowest BCUT2D eigenvalue weighted by Gasteiger charge is -2.31. The first kappa shape index (κ1) is 14.9. The molecule has 0 aliphatic carbocycles. The number of rotatable bonds is 5. The van der Waals surface area contributed by atoms with Crippen LogP contribution in [0.15, 0.2) is 0 Å². The summed E-state index contributed by atoms with van der Waals surface area (Å²) in [5.74, 6) is -0.308. The molecule has 1 aliphatic rings. The fourth-order valence-corrected chi connectivity index (χ4v) is 1.98. The second-order valence-electron chi connectivity index (χ2n) is 5.28. The van der Waals surface area contributed by atoms with Gasteiger partial charge in [0.1, 0.15) is 0 Å². The van der Waals surface area contributed by atoms with Gasteiger partial charge in [-0.3, -0.25) is 4.90 Å². The van der Waals surface area contributed by atoms with E-state index in [4.69, 9.17) is 10.00 Å². The molecule has 1 atom stereocenters. The molecule has 0 amide bonds. The highest BCUT2D eigenvalue weighted by atomic mass is 16.6. The molecule has 0 N–H and O–H groups in total. The van der Waals surface area contributed by atoms with Crippen LogP contribution >= 0.6 is 0 Å². The summed E-state index contributed by atoms with van der Waals surface area (Å²) in [6.07, 6.45) is 1.35. The zero-order valence-corrected chi connectivity index (χ0v) is 11.4. The molecule has 0 aromatic carbocycles. The van der Waals surface area contributed by atoms with Crippen LogP contribution in [0.5, 0.6) is 0 Å². The Labute approximate surface area is 109 Å². The Morgan fingerprint density at radius 2 is 2.33 bits per heavy atom. The van der Waals surface area contributed by atoms with Crippen molar-refractivity contribution < 1.29 is 14.3 Å². The van der Waals surface area contributed by atoms with E-state index in [2.05, 4.69) is 15.7 Å². The largest absolute Gasteiger partial charge is 0.467 e. The van der Waals surface area contributed by atoms with Crippen LogP contribution in [0, 0.1) is 16.7 Å². The first-order chi connectivity index (χ1) is 8.48. The Kier molecular flexibility index (Phi) is 5.57. The Balaban J connectivity index is 2.31. The lowest BCUT2D eigenvalue weighted by atomic mass is 9.90. The number of hydrogen-bond donors (Lipinski definition) is 0. The van der Waals surface area contributed by atoms with Gasteiger partial charge >= 0.3 is 5.97 Å². The standard InChI is InChI=1S/C13H22N2O3/c1-13(2,10-14)5-4-6-15-7-8-18-11(9-15)12(16)17-3/h11H,4-9H2,1-3H3. The van der Waals surface area contributed by atoms with E-state index in [0.717, 1.165) is 25.9 Å². The topological polar surface area (TPSA) is 62.6 Å². The number of methoxy groups -OCH3 is 1. The minimum atomic E-state index is -0.465. The van der Waals surface area contributed by atoms with Crippen molar-refractivity contribution in [3.63, 3.8) is 0 Å². The molecule has 1 unspecified atom stereocenters. The van der Waals surface area contributed by atoms with E-state index in [9.17, 15) is 4.79 Å². The van der Waals surface area contributed by atoms with Crippen molar-refractivity contribution in [1.82, 2.24) is 4.90 Å². The third-order valence-corrected chi connectivity index (χ3v) is 3.19. The summed E-state index contributed by atoms with van der Waals surface area (Å²) >= 11 is 0. The zero-order valence-electron chi connectivity index (χ0n) is 11.4. The van der Waals surface area contributed by atoms with Crippen LogP contribution in [0.2, 0.25) is 0 Å². The quantitative estimate of drug-likeness (QED) is 0.690. The summed E-state index contributed by atoms with van der Waals surface area (Å²) in [6, 6.07) is 2.30. The number of morpholine rings is 1. The molecule has 18 heavy (non-hydrogen) atoms. The smallest absolute Gasteiger partial charge is 0.336 e. The van der Waals surface area contributed by atoms with E-state index in [1.54, 1.807) is 0 Å². The fourth-order valence-electron chi connectivity index (χ4n) is 1.98. The van der Waals surface area contributed by atoms with Crippen LogP contribution in [0.3, 0.4) is 0 Å². The van der Waals surface area contributed by atoms with Gasteiger partial charge in [-0.25, -0.2) is 4.79 Å². The van der Waals surface area contributed by atoms with Gasteiger partial charge in [0.2, 0.25) is 0 Å². The van der Waals surface area contributed by atoms with Crippen molar-refractivity contribution in [1.29, 1.82) is 5.26 Å². The van der Waals surface area contributed by atoms with Crippen molar-refractivity contribution in [2.75, 3.05) is 33.4 Å². The Hall–Kier alpha value is -1.12. The SMILES string of the molecule is COC(=O)C1CN(CCCC(C)(C)C#N)CCO1. The van der Waals surface area contributed by atoms with Crippen LogP contribution in [-0.4, -0.2) is 50.3 Å². The predicted molar refractivity (Wildman–Crippen MR) is 66.8 cm³/mol. The molecule has 0 bridgehead atoms. The molecule has 1 heterocycles. The Morgan fingerprint density at radius 1 is 1.61 bits per heavy atom. The highest BCUT2D eigenvalue weighted by Gasteiger charge is 2.27. The van der Waals surface area contributed by atoms with Gasteiger partial charge in [-0.1, -0.05) is 0 Å². The second-order valence-corrected chi connectivity index (χ2v) is 5.28. The number of esters is 1. The van der Waals surface area contributed by atoms with Crippen molar-refractivity contribution in [3.05, 3.63) is 0 Å². The molecule has 5 heteroatoms. The second kappa shape index (κ2) is 6.72. The highest BCUT2D eigenvalue weighted by molar-refractivity contribution is 5.74. The monoisotopic (exact) mass is 254 g/mol. The predicted octanol–water partition coefficient (Wildman–Crippen LogP) is 1.19. The van der Waals surface area contributed by atoms with Gasteiger partial charge in [0.15, 0.2) is 6.10 Å². The molecule has 0 saturated carbocycles. The summed E-state index contributed by atoms with van der Waals surface area (Å²) < 4.78 is 10.0. The number of carbonyl (C=O) groups is 1. The highest BCUT2D eigenvalue weighted by Crippen LogP contribution is 2.21. The van der Waals surface area contributed by atoms with Crippen LogP contribution in [0.1, 0.15) is 26.7 Å². The van der Waals surface area contributed by atoms with Crippen LogP contribution in [-0.2, 0) is 14.3 Å². The van der Waals surface area contributed by atoms with Gasteiger partial charge < -0.3 is 9.47 Å².